The Morgan fingerprint density at radius 1 is 1.47 bits per heavy atom. The molecule has 0 bridgehead atoms. The van der Waals surface area contributed by atoms with E-state index in [1.807, 2.05) is 13.0 Å². The van der Waals surface area contributed by atoms with E-state index < -0.39 is 12.0 Å². The quantitative estimate of drug-likeness (QED) is 0.853. The van der Waals surface area contributed by atoms with E-state index in [9.17, 15) is 8.78 Å². The second kappa shape index (κ2) is 4.45. The fourth-order valence-corrected chi connectivity index (χ4v) is 1.64. The Morgan fingerprint density at radius 2 is 2.07 bits per heavy atom. The average Bonchev–Trinajstić information content (AvgIpc) is 2.11. The Bertz CT molecular complexity index is 330. The van der Waals surface area contributed by atoms with Gasteiger partial charge in [0.25, 0.3) is 6.43 Å². The summed E-state index contributed by atoms with van der Waals surface area (Å²) in [5.41, 5.74) is 5.58. The molecule has 4 heteroatoms. The Labute approximate surface area is 93.2 Å². The third kappa shape index (κ3) is 2.89. The molecule has 0 heterocycles. The van der Waals surface area contributed by atoms with Crippen LogP contribution in [0.25, 0.3) is 0 Å². The van der Waals surface area contributed by atoms with E-state index in [1.165, 1.54) is 6.92 Å². The van der Waals surface area contributed by atoms with Crippen LogP contribution < -0.4 is 5.73 Å². The molecular weight excluding hydrogens is 220 g/mol. The number of alkyl halides is 2. The number of hydrogen-bond donors (Lipinski definition) is 1. The first kappa shape index (κ1) is 12.4. The average molecular weight is 234 g/mol. The first-order chi connectivity index (χ1) is 6.84. The van der Waals surface area contributed by atoms with Gasteiger partial charge in [0.05, 0.1) is 5.54 Å². The summed E-state index contributed by atoms with van der Waals surface area (Å²) in [6.07, 6.45) is -2.48. The summed E-state index contributed by atoms with van der Waals surface area (Å²) in [4.78, 5) is 0. The normalized spacial score (nSPS) is 15.4. The summed E-state index contributed by atoms with van der Waals surface area (Å²) in [5, 5.41) is 0.493. The maximum absolute atomic E-state index is 12.6. The van der Waals surface area contributed by atoms with Gasteiger partial charge < -0.3 is 5.73 Å². The second-order valence-corrected chi connectivity index (χ2v) is 4.43. The highest BCUT2D eigenvalue weighted by Gasteiger charge is 2.31. The SMILES string of the molecule is Cc1cccc(Cl)c1CC(C)(N)C(F)F. The summed E-state index contributed by atoms with van der Waals surface area (Å²) >= 11 is 5.94. The van der Waals surface area contributed by atoms with Crippen molar-refractivity contribution in [2.24, 2.45) is 5.73 Å². The van der Waals surface area contributed by atoms with Crippen LogP contribution in [0.4, 0.5) is 8.78 Å². The van der Waals surface area contributed by atoms with E-state index in [4.69, 9.17) is 17.3 Å². The molecule has 0 aliphatic carbocycles. The van der Waals surface area contributed by atoms with Crippen molar-refractivity contribution in [3.05, 3.63) is 34.3 Å². The molecule has 0 radical (unpaired) electrons. The molecule has 0 spiro atoms. The minimum absolute atomic E-state index is 0.0795. The monoisotopic (exact) mass is 233 g/mol. The van der Waals surface area contributed by atoms with Gasteiger partial charge in [-0.15, -0.1) is 0 Å². The fourth-order valence-electron chi connectivity index (χ4n) is 1.35. The zero-order valence-electron chi connectivity index (χ0n) is 8.73. The van der Waals surface area contributed by atoms with Crippen LogP contribution in [0.2, 0.25) is 5.02 Å². The Morgan fingerprint density at radius 3 is 2.53 bits per heavy atom. The lowest BCUT2D eigenvalue weighted by atomic mass is 9.92. The van der Waals surface area contributed by atoms with E-state index in [1.54, 1.807) is 12.1 Å². The van der Waals surface area contributed by atoms with E-state index in [0.717, 1.165) is 5.56 Å². The number of benzene rings is 1. The summed E-state index contributed by atoms with van der Waals surface area (Å²) in [6, 6.07) is 5.31. The number of halogens is 3. The predicted molar refractivity (Wildman–Crippen MR) is 58.5 cm³/mol. The first-order valence-corrected chi connectivity index (χ1v) is 5.03. The van der Waals surface area contributed by atoms with Crippen molar-refractivity contribution >= 4 is 11.6 Å². The van der Waals surface area contributed by atoms with Crippen molar-refractivity contribution in [2.45, 2.75) is 32.2 Å². The minimum Gasteiger partial charge on any atom is -0.320 e. The van der Waals surface area contributed by atoms with Gasteiger partial charge in [0.15, 0.2) is 0 Å². The maximum atomic E-state index is 12.6. The number of aryl methyl sites for hydroxylation is 1. The van der Waals surface area contributed by atoms with Crippen LogP contribution in [-0.4, -0.2) is 12.0 Å². The lowest BCUT2D eigenvalue weighted by molar-refractivity contribution is 0.0639. The summed E-state index contributed by atoms with van der Waals surface area (Å²) in [5.74, 6) is 0. The highest BCUT2D eigenvalue weighted by atomic mass is 35.5. The van der Waals surface area contributed by atoms with E-state index in [2.05, 4.69) is 0 Å². The molecule has 1 rings (SSSR count). The van der Waals surface area contributed by atoms with Crippen molar-refractivity contribution in [1.29, 1.82) is 0 Å². The highest BCUT2D eigenvalue weighted by Crippen LogP contribution is 2.26. The molecule has 1 aromatic carbocycles. The van der Waals surface area contributed by atoms with Crippen molar-refractivity contribution in [2.75, 3.05) is 0 Å². The molecule has 15 heavy (non-hydrogen) atoms. The zero-order chi connectivity index (χ0) is 11.6. The van der Waals surface area contributed by atoms with Crippen LogP contribution in [0.1, 0.15) is 18.1 Å². The van der Waals surface area contributed by atoms with Crippen molar-refractivity contribution < 1.29 is 8.78 Å². The Hall–Kier alpha value is -0.670. The van der Waals surface area contributed by atoms with Crippen molar-refractivity contribution in [1.82, 2.24) is 0 Å². The number of rotatable bonds is 3. The van der Waals surface area contributed by atoms with Crippen LogP contribution in [0.3, 0.4) is 0 Å². The fraction of sp³-hybridized carbons (Fsp3) is 0.455. The zero-order valence-corrected chi connectivity index (χ0v) is 9.48. The molecule has 1 nitrogen and oxygen atoms in total. The molecule has 1 atom stereocenters. The first-order valence-electron chi connectivity index (χ1n) is 4.65. The van der Waals surface area contributed by atoms with E-state index in [0.29, 0.717) is 10.6 Å². The molecule has 2 N–H and O–H groups in total. The van der Waals surface area contributed by atoms with Crippen LogP contribution >= 0.6 is 11.6 Å². The van der Waals surface area contributed by atoms with Gasteiger partial charge in [0.1, 0.15) is 0 Å². The van der Waals surface area contributed by atoms with Gasteiger partial charge in [0.2, 0.25) is 0 Å². The minimum atomic E-state index is -2.56. The van der Waals surface area contributed by atoms with Crippen LogP contribution in [0.15, 0.2) is 18.2 Å². The molecule has 0 saturated carbocycles. The summed E-state index contributed by atoms with van der Waals surface area (Å²) in [6.45, 7) is 3.17. The third-order valence-corrected chi connectivity index (χ3v) is 2.76. The predicted octanol–water partition coefficient (Wildman–Crippen LogP) is 3.17. The smallest absolute Gasteiger partial charge is 0.256 e. The molecule has 0 aliphatic heterocycles. The van der Waals surface area contributed by atoms with Crippen LogP contribution in [0.5, 0.6) is 0 Å². The van der Waals surface area contributed by atoms with Gasteiger partial charge in [-0.1, -0.05) is 23.7 Å². The van der Waals surface area contributed by atoms with Gasteiger partial charge in [-0.3, -0.25) is 0 Å². The highest BCUT2D eigenvalue weighted by molar-refractivity contribution is 6.31. The molecule has 0 aliphatic rings. The summed E-state index contributed by atoms with van der Waals surface area (Å²) in [7, 11) is 0. The van der Waals surface area contributed by atoms with Crippen LogP contribution in [0, 0.1) is 6.92 Å². The van der Waals surface area contributed by atoms with Crippen molar-refractivity contribution in [3.8, 4) is 0 Å². The molecule has 0 aromatic heterocycles. The molecule has 0 saturated heterocycles. The van der Waals surface area contributed by atoms with Gasteiger partial charge in [-0.25, -0.2) is 8.78 Å². The summed E-state index contributed by atoms with van der Waals surface area (Å²) < 4.78 is 25.2. The Kier molecular flexibility index (Phi) is 3.68. The topological polar surface area (TPSA) is 26.0 Å². The molecular formula is C11H14ClF2N. The second-order valence-electron chi connectivity index (χ2n) is 4.02. The van der Waals surface area contributed by atoms with Crippen molar-refractivity contribution in [3.63, 3.8) is 0 Å². The van der Waals surface area contributed by atoms with E-state index in [-0.39, 0.29) is 6.42 Å². The van der Waals surface area contributed by atoms with Gasteiger partial charge in [-0.2, -0.15) is 0 Å². The molecule has 0 amide bonds. The van der Waals surface area contributed by atoms with Gasteiger partial charge >= 0.3 is 0 Å². The third-order valence-electron chi connectivity index (χ3n) is 2.41. The molecule has 84 valence electrons. The standard InChI is InChI=1S/C11H14ClF2N/c1-7-4-3-5-9(12)8(7)6-11(2,15)10(13)14/h3-5,10H,6,15H2,1-2H3. The van der Waals surface area contributed by atoms with Gasteiger partial charge in [0, 0.05) is 5.02 Å². The molecule has 0 fully saturated rings. The Balaban J connectivity index is 2.99. The van der Waals surface area contributed by atoms with Gasteiger partial charge in [-0.05, 0) is 37.5 Å². The number of hydrogen-bond acceptors (Lipinski definition) is 1. The maximum Gasteiger partial charge on any atom is 0.256 e. The van der Waals surface area contributed by atoms with Crippen LogP contribution in [-0.2, 0) is 6.42 Å². The van der Waals surface area contributed by atoms with E-state index >= 15 is 0 Å². The number of nitrogens with two attached hydrogens (primary N) is 1. The largest absolute Gasteiger partial charge is 0.320 e. The molecule has 1 unspecified atom stereocenters. The lowest BCUT2D eigenvalue weighted by Gasteiger charge is -2.24. The molecule has 1 aromatic rings. The lowest BCUT2D eigenvalue weighted by Crippen LogP contribution is -2.46.